The summed E-state index contributed by atoms with van der Waals surface area (Å²) in [6.07, 6.45) is 3.68. The molecule has 4 amide bonds. The SMILES string of the molecule is C=CCc1cc(/C=C2/NC(=O)N(CC(=O)Nc3cccc(C)c3)C2=O)cc(OCC)c1OCc1ccc(F)cc1. The third kappa shape index (κ3) is 6.93. The minimum Gasteiger partial charge on any atom is -0.490 e. The molecule has 0 aromatic heterocycles. The molecule has 3 aromatic carbocycles. The summed E-state index contributed by atoms with van der Waals surface area (Å²) in [6.45, 7) is 7.67. The molecular weight excluding hydrogens is 513 g/mol. The second kappa shape index (κ2) is 12.8. The molecule has 206 valence electrons. The normalized spacial score (nSPS) is 13.8. The predicted octanol–water partition coefficient (Wildman–Crippen LogP) is 5.37. The van der Waals surface area contributed by atoms with Gasteiger partial charge in [-0.3, -0.25) is 9.59 Å². The molecule has 40 heavy (non-hydrogen) atoms. The number of ether oxygens (including phenoxy) is 2. The number of hydrogen-bond donors (Lipinski definition) is 2. The molecular formula is C31H30FN3O5. The number of imide groups is 1. The van der Waals surface area contributed by atoms with E-state index in [2.05, 4.69) is 17.2 Å². The van der Waals surface area contributed by atoms with Gasteiger partial charge in [0.15, 0.2) is 11.5 Å². The molecule has 1 fully saturated rings. The van der Waals surface area contributed by atoms with E-state index in [-0.39, 0.29) is 18.1 Å². The van der Waals surface area contributed by atoms with Crippen LogP contribution in [0.2, 0.25) is 0 Å². The third-order valence-electron chi connectivity index (χ3n) is 5.99. The van der Waals surface area contributed by atoms with Crippen LogP contribution in [0.4, 0.5) is 14.9 Å². The average molecular weight is 544 g/mol. The van der Waals surface area contributed by atoms with E-state index < -0.39 is 24.4 Å². The van der Waals surface area contributed by atoms with Gasteiger partial charge < -0.3 is 20.1 Å². The fourth-order valence-corrected chi connectivity index (χ4v) is 4.19. The Morgan fingerprint density at radius 3 is 2.58 bits per heavy atom. The second-order valence-corrected chi connectivity index (χ2v) is 9.15. The molecule has 1 saturated heterocycles. The van der Waals surface area contributed by atoms with Crippen molar-refractivity contribution in [3.63, 3.8) is 0 Å². The Labute approximate surface area is 232 Å². The number of benzene rings is 3. The van der Waals surface area contributed by atoms with Gasteiger partial charge in [0.1, 0.15) is 24.7 Å². The van der Waals surface area contributed by atoms with E-state index in [1.165, 1.54) is 18.2 Å². The van der Waals surface area contributed by atoms with E-state index in [0.29, 0.717) is 35.8 Å². The molecule has 0 saturated carbocycles. The number of urea groups is 1. The summed E-state index contributed by atoms with van der Waals surface area (Å²) < 4.78 is 25.2. The highest BCUT2D eigenvalue weighted by atomic mass is 19.1. The van der Waals surface area contributed by atoms with Crippen molar-refractivity contribution in [2.45, 2.75) is 26.9 Å². The van der Waals surface area contributed by atoms with E-state index in [1.807, 2.05) is 26.0 Å². The highest BCUT2D eigenvalue weighted by Crippen LogP contribution is 2.35. The molecule has 0 atom stereocenters. The lowest BCUT2D eigenvalue weighted by Gasteiger charge is -2.17. The summed E-state index contributed by atoms with van der Waals surface area (Å²) in [5.41, 5.74) is 3.69. The lowest BCUT2D eigenvalue weighted by molar-refractivity contribution is -0.127. The number of allylic oxidation sites excluding steroid dienone is 1. The maximum atomic E-state index is 13.3. The summed E-state index contributed by atoms with van der Waals surface area (Å²) >= 11 is 0. The van der Waals surface area contributed by atoms with Crippen LogP contribution in [0.3, 0.4) is 0 Å². The first kappa shape index (κ1) is 28.1. The first-order valence-corrected chi connectivity index (χ1v) is 12.8. The monoisotopic (exact) mass is 543 g/mol. The van der Waals surface area contributed by atoms with E-state index in [1.54, 1.807) is 42.5 Å². The summed E-state index contributed by atoms with van der Waals surface area (Å²) in [6, 6.07) is 16.1. The van der Waals surface area contributed by atoms with Crippen LogP contribution in [0, 0.1) is 12.7 Å². The maximum absolute atomic E-state index is 13.3. The number of nitrogens with zero attached hydrogens (tertiary/aromatic N) is 1. The fraction of sp³-hybridized carbons (Fsp3) is 0.194. The Hall–Kier alpha value is -4.92. The number of rotatable bonds is 11. The molecule has 2 N–H and O–H groups in total. The minimum atomic E-state index is -0.689. The molecule has 3 aromatic rings. The molecule has 4 rings (SSSR count). The van der Waals surface area contributed by atoms with Crippen molar-refractivity contribution in [2.24, 2.45) is 0 Å². The molecule has 9 heteroatoms. The highest BCUT2D eigenvalue weighted by Gasteiger charge is 2.35. The van der Waals surface area contributed by atoms with Crippen LogP contribution < -0.4 is 20.1 Å². The van der Waals surface area contributed by atoms with Gasteiger partial charge in [0, 0.05) is 11.3 Å². The van der Waals surface area contributed by atoms with Crippen LogP contribution in [0.25, 0.3) is 6.08 Å². The van der Waals surface area contributed by atoms with E-state index in [4.69, 9.17) is 9.47 Å². The largest absolute Gasteiger partial charge is 0.490 e. The van der Waals surface area contributed by atoms with E-state index >= 15 is 0 Å². The van der Waals surface area contributed by atoms with Crippen molar-refractivity contribution in [3.05, 3.63) is 107 Å². The molecule has 1 aliphatic heterocycles. The number of amides is 4. The number of anilines is 1. The van der Waals surface area contributed by atoms with Gasteiger partial charge in [0.05, 0.1) is 6.61 Å². The van der Waals surface area contributed by atoms with Gasteiger partial charge in [-0.25, -0.2) is 14.1 Å². The molecule has 1 heterocycles. The number of halogens is 1. The molecule has 0 aliphatic carbocycles. The number of carbonyl (C=O) groups excluding carboxylic acids is 3. The van der Waals surface area contributed by atoms with Gasteiger partial charge in [0.2, 0.25) is 5.91 Å². The van der Waals surface area contributed by atoms with Gasteiger partial charge in [0.25, 0.3) is 5.91 Å². The molecule has 0 bridgehead atoms. The first-order chi connectivity index (χ1) is 19.3. The van der Waals surface area contributed by atoms with Crippen LogP contribution in [0.15, 0.2) is 79.0 Å². The van der Waals surface area contributed by atoms with Gasteiger partial charge in [-0.15, -0.1) is 6.58 Å². The van der Waals surface area contributed by atoms with E-state index in [0.717, 1.165) is 21.6 Å². The van der Waals surface area contributed by atoms with Crippen molar-refractivity contribution in [3.8, 4) is 11.5 Å². The third-order valence-corrected chi connectivity index (χ3v) is 5.99. The maximum Gasteiger partial charge on any atom is 0.329 e. The summed E-state index contributed by atoms with van der Waals surface area (Å²) in [5, 5.41) is 5.25. The summed E-state index contributed by atoms with van der Waals surface area (Å²) in [7, 11) is 0. The zero-order valence-electron chi connectivity index (χ0n) is 22.3. The number of nitrogens with one attached hydrogen (secondary N) is 2. The summed E-state index contributed by atoms with van der Waals surface area (Å²) in [5.74, 6) is -0.497. The number of aryl methyl sites for hydroxylation is 1. The Bertz CT molecular complexity index is 1470. The van der Waals surface area contributed by atoms with Crippen molar-refractivity contribution < 1.29 is 28.2 Å². The van der Waals surface area contributed by atoms with Gasteiger partial charge in [-0.2, -0.15) is 0 Å². The zero-order chi connectivity index (χ0) is 28.6. The molecule has 0 unspecified atom stereocenters. The molecule has 8 nitrogen and oxygen atoms in total. The average Bonchev–Trinajstić information content (AvgIpc) is 3.16. The Morgan fingerprint density at radius 1 is 1.10 bits per heavy atom. The van der Waals surface area contributed by atoms with Gasteiger partial charge in [-0.1, -0.05) is 30.3 Å². The predicted molar refractivity (Wildman–Crippen MR) is 150 cm³/mol. The highest BCUT2D eigenvalue weighted by molar-refractivity contribution is 6.16. The van der Waals surface area contributed by atoms with Crippen molar-refractivity contribution in [2.75, 3.05) is 18.5 Å². The molecule has 1 aliphatic rings. The molecule has 0 radical (unpaired) electrons. The van der Waals surface area contributed by atoms with Crippen molar-refractivity contribution >= 4 is 29.6 Å². The Morgan fingerprint density at radius 2 is 1.88 bits per heavy atom. The fourth-order valence-electron chi connectivity index (χ4n) is 4.19. The van der Waals surface area contributed by atoms with Crippen LogP contribution in [0.5, 0.6) is 11.5 Å². The quantitative estimate of drug-likeness (QED) is 0.193. The molecule has 0 spiro atoms. The van der Waals surface area contributed by atoms with Crippen LogP contribution in [-0.4, -0.2) is 35.9 Å². The Balaban J connectivity index is 1.54. The zero-order valence-corrected chi connectivity index (χ0v) is 22.3. The van der Waals surface area contributed by atoms with E-state index in [9.17, 15) is 18.8 Å². The number of hydrogen-bond acceptors (Lipinski definition) is 5. The summed E-state index contributed by atoms with van der Waals surface area (Å²) in [4.78, 5) is 39.0. The van der Waals surface area contributed by atoms with Crippen LogP contribution in [-0.2, 0) is 22.6 Å². The van der Waals surface area contributed by atoms with Crippen LogP contribution >= 0.6 is 0 Å². The van der Waals surface area contributed by atoms with Crippen molar-refractivity contribution in [1.82, 2.24) is 10.2 Å². The Kier molecular flexibility index (Phi) is 8.96. The lowest BCUT2D eigenvalue weighted by Crippen LogP contribution is -2.38. The topological polar surface area (TPSA) is 97.0 Å². The van der Waals surface area contributed by atoms with Gasteiger partial charge >= 0.3 is 6.03 Å². The smallest absolute Gasteiger partial charge is 0.329 e. The van der Waals surface area contributed by atoms with Gasteiger partial charge in [-0.05, 0) is 79.4 Å². The lowest BCUT2D eigenvalue weighted by atomic mass is 10.0. The minimum absolute atomic E-state index is 0.0281. The van der Waals surface area contributed by atoms with Crippen molar-refractivity contribution in [1.29, 1.82) is 0 Å². The first-order valence-electron chi connectivity index (χ1n) is 12.8. The second-order valence-electron chi connectivity index (χ2n) is 9.15. The van der Waals surface area contributed by atoms with Crippen LogP contribution in [0.1, 0.15) is 29.2 Å². The standard InChI is InChI=1S/C31H30FN3O5/c1-4-7-23-15-22(17-27(39-5-2)29(23)40-19-21-10-12-24(32)13-11-21)16-26-30(37)35(31(38)34-26)18-28(36)33-25-9-6-8-20(3)14-25/h4,6,8-17H,1,5,7,18-19H2,2-3H3,(H,33,36)(H,34,38)/b26-16+. The number of carbonyl (C=O) groups is 3.